The lowest BCUT2D eigenvalue weighted by Crippen LogP contribution is -2.44. The highest BCUT2D eigenvalue weighted by Crippen LogP contribution is 2.48. The maximum atomic E-state index is 17.2. The van der Waals surface area contributed by atoms with Crippen LogP contribution in [0.4, 0.5) is 32.8 Å². The number of likely N-dealkylation sites (tertiary alicyclic amines) is 1. The smallest absolute Gasteiger partial charge is 0.417 e. The zero-order chi connectivity index (χ0) is 37.3. The van der Waals surface area contributed by atoms with E-state index < -0.39 is 46.5 Å². The number of likely N-dealkylation sites (N-methyl/N-ethyl adjacent to an activating group) is 1. The molecule has 2 aromatic heterocycles. The SMILES string of the molecule is C=CC(=O)N1CC[C@@H](N(C)c2nc(OC[C@@]34CCCN3C[C@H](OC)C4)nc3c(F)c(-c4ccc(F)c5sc(N)c(C#N)c45)c(C(F)(F)F)cc23)[C@H]1C. The fraction of sp³-hybridized carbons (Fsp3) is 0.444. The van der Waals surface area contributed by atoms with Gasteiger partial charge in [0.1, 0.15) is 34.8 Å². The number of hydrogen-bond donors (Lipinski definition) is 1. The number of rotatable bonds is 8. The van der Waals surface area contributed by atoms with Gasteiger partial charge in [-0.1, -0.05) is 12.6 Å². The van der Waals surface area contributed by atoms with Crippen LogP contribution >= 0.6 is 11.3 Å². The number of carbonyl (C=O) groups is 1. The van der Waals surface area contributed by atoms with Gasteiger partial charge in [-0.2, -0.15) is 28.4 Å². The lowest BCUT2D eigenvalue weighted by atomic mass is 9.92. The van der Waals surface area contributed by atoms with Gasteiger partial charge >= 0.3 is 12.2 Å². The number of nitrogens with two attached hydrogens (primary N) is 1. The first-order chi connectivity index (χ1) is 24.7. The number of amides is 1. The van der Waals surface area contributed by atoms with Crippen LogP contribution in [0.2, 0.25) is 0 Å². The van der Waals surface area contributed by atoms with Gasteiger partial charge in [0.15, 0.2) is 5.82 Å². The average Bonchev–Trinajstić information content (AvgIpc) is 3.87. The van der Waals surface area contributed by atoms with Gasteiger partial charge in [0.05, 0.1) is 33.5 Å². The number of thiophene rings is 1. The Morgan fingerprint density at radius 3 is 2.75 bits per heavy atom. The second-order valence-electron chi connectivity index (χ2n) is 13.7. The minimum Gasteiger partial charge on any atom is -0.461 e. The minimum atomic E-state index is -5.11. The summed E-state index contributed by atoms with van der Waals surface area (Å²) in [5, 5.41) is 9.29. The number of anilines is 2. The van der Waals surface area contributed by atoms with Crippen LogP contribution in [-0.4, -0.2) is 89.8 Å². The number of benzene rings is 2. The number of hydrogen-bond acceptors (Lipinski definition) is 10. The molecule has 1 amide bonds. The maximum absolute atomic E-state index is 17.2. The first-order valence-corrected chi connectivity index (χ1v) is 17.6. The normalized spacial score (nSPS) is 23.4. The molecule has 3 fully saturated rings. The van der Waals surface area contributed by atoms with Crippen LogP contribution in [0.1, 0.15) is 43.7 Å². The standard InChI is InChI=1S/C36H36F5N7O3S/c1-5-26(49)48-12-9-25(18(48)2)46(3)33-21-13-23(36(39,40)41)28(20-7-8-24(37)31-27(20)22(15-42)32(43)52-31)29(38)30(21)44-34(45-33)51-17-35-10-6-11-47(35)16-19(14-35)50-4/h5,7-8,13,18-19,25H,1,6,9-12,14,16-17,43H2,2-4H3/t18-,19-,25-,35+/m1/s1. The number of nitrogen functional groups attached to an aromatic ring is 1. The predicted octanol–water partition coefficient (Wildman–Crippen LogP) is 6.51. The highest BCUT2D eigenvalue weighted by Gasteiger charge is 2.49. The van der Waals surface area contributed by atoms with Crippen LogP contribution < -0.4 is 15.4 Å². The van der Waals surface area contributed by atoms with Crippen molar-refractivity contribution in [3.63, 3.8) is 0 Å². The average molecular weight is 742 g/mol. The number of carbonyl (C=O) groups excluding carboxylic acids is 1. The molecule has 0 unspecified atom stereocenters. The zero-order valence-corrected chi connectivity index (χ0v) is 29.5. The van der Waals surface area contributed by atoms with Crippen molar-refractivity contribution in [2.75, 3.05) is 51.0 Å². The van der Waals surface area contributed by atoms with E-state index in [2.05, 4.69) is 21.4 Å². The summed E-state index contributed by atoms with van der Waals surface area (Å²) in [6.07, 6.45) is -1.02. The second-order valence-corrected chi connectivity index (χ2v) is 14.7. The maximum Gasteiger partial charge on any atom is 0.417 e. The molecular weight excluding hydrogens is 705 g/mol. The van der Waals surface area contributed by atoms with Gasteiger partial charge in [0.2, 0.25) is 5.91 Å². The number of ether oxygens (including phenoxy) is 2. The number of halogens is 5. The molecule has 52 heavy (non-hydrogen) atoms. The summed E-state index contributed by atoms with van der Waals surface area (Å²) >= 11 is 0.693. The first kappa shape index (κ1) is 35.8. The van der Waals surface area contributed by atoms with Crippen molar-refractivity contribution in [3.05, 3.63) is 53.6 Å². The van der Waals surface area contributed by atoms with Crippen molar-refractivity contribution in [2.45, 2.75) is 62.5 Å². The van der Waals surface area contributed by atoms with Gasteiger partial charge < -0.3 is 25.0 Å². The molecular formula is C36H36F5N7O3S. The van der Waals surface area contributed by atoms with Gasteiger partial charge in [-0.3, -0.25) is 9.69 Å². The van der Waals surface area contributed by atoms with E-state index in [1.54, 1.807) is 24.0 Å². The third-order valence-corrected chi connectivity index (χ3v) is 12.0. The molecule has 3 saturated heterocycles. The van der Waals surface area contributed by atoms with E-state index in [-0.39, 0.29) is 67.6 Å². The fourth-order valence-corrected chi connectivity index (χ4v) is 9.32. The molecule has 0 saturated carbocycles. The van der Waals surface area contributed by atoms with E-state index in [1.807, 2.05) is 13.0 Å². The quantitative estimate of drug-likeness (QED) is 0.159. The van der Waals surface area contributed by atoms with Gasteiger partial charge in [-0.25, -0.2) is 8.78 Å². The van der Waals surface area contributed by atoms with Crippen LogP contribution in [0.3, 0.4) is 0 Å². The highest BCUT2D eigenvalue weighted by molar-refractivity contribution is 7.23. The van der Waals surface area contributed by atoms with E-state index in [9.17, 15) is 14.4 Å². The van der Waals surface area contributed by atoms with Crippen molar-refractivity contribution in [1.29, 1.82) is 5.26 Å². The van der Waals surface area contributed by atoms with E-state index >= 15 is 17.6 Å². The van der Waals surface area contributed by atoms with Crippen LogP contribution in [0, 0.1) is 23.0 Å². The fourth-order valence-electron chi connectivity index (χ4n) is 8.37. The molecule has 7 rings (SSSR count). The topological polar surface area (TPSA) is 121 Å². The third-order valence-electron chi connectivity index (χ3n) is 11.0. The molecule has 0 aliphatic carbocycles. The Morgan fingerprint density at radius 1 is 1.29 bits per heavy atom. The summed E-state index contributed by atoms with van der Waals surface area (Å²) in [6.45, 7) is 7.45. The zero-order valence-electron chi connectivity index (χ0n) is 28.7. The summed E-state index contributed by atoms with van der Waals surface area (Å²) in [7, 11) is 3.28. The summed E-state index contributed by atoms with van der Waals surface area (Å²) in [4.78, 5) is 27.1. The number of fused-ring (bicyclic) bond motifs is 3. The van der Waals surface area contributed by atoms with E-state index in [4.69, 9.17) is 15.2 Å². The lowest BCUT2D eigenvalue weighted by Gasteiger charge is -2.33. The third kappa shape index (κ3) is 5.69. The highest BCUT2D eigenvalue weighted by atomic mass is 32.1. The van der Waals surface area contributed by atoms with Gasteiger partial charge in [0.25, 0.3) is 0 Å². The van der Waals surface area contributed by atoms with E-state index in [1.165, 1.54) is 6.08 Å². The Labute approximate surface area is 300 Å². The number of nitriles is 1. The molecule has 4 aromatic rings. The first-order valence-electron chi connectivity index (χ1n) is 16.8. The van der Waals surface area contributed by atoms with Crippen molar-refractivity contribution < 1.29 is 36.2 Å². The summed E-state index contributed by atoms with van der Waals surface area (Å²) < 4.78 is 89.1. The molecule has 10 nitrogen and oxygen atoms in total. The summed E-state index contributed by atoms with van der Waals surface area (Å²) in [5.41, 5.74) is 2.25. The predicted molar refractivity (Wildman–Crippen MR) is 187 cm³/mol. The van der Waals surface area contributed by atoms with Crippen molar-refractivity contribution in [2.24, 2.45) is 0 Å². The Bertz CT molecular complexity index is 2150. The molecule has 3 aliphatic rings. The second kappa shape index (κ2) is 13.1. The van der Waals surface area contributed by atoms with Crippen LogP contribution in [0.25, 0.3) is 32.1 Å². The van der Waals surface area contributed by atoms with Crippen molar-refractivity contribution in [1.82, 2.24) is 19.8 Å². The monoisotopic (exact) mass is 741 g/mol. The van der Waals surface area contributed by atoms with Gasteiger partial charge in [0, 0.05) is 49.6 Å². The molecule has 0 spiro atoms. The van der Waals surface area contributed by atoms with Crippen LogP contribution in [-0.2, 0) is 15.7 Å². The lowest BCUT2D eigenvalue weighted by molar-refractivity contribution is -0.137. The molecule has 16 heteroatoms. The Hall–Kier alpha value is -4.59. The van der Waals surface area contributed by atoms with Gasteiger partial charge in [-0.05, 0) is 62.9 Å². The van der Waals surface area contributed by atoms with E-state index in [0.29, 0.717) is 37.3 Å². The van der Waals surface area contributed by atoms with E-state index in [0.717, 1.165) is 37.6 Å². The number of alkyl halides is 3. The van der Waals surface area contributed by atoms with Crippen LogP contribution in [0.5, 0.6) is 6.01 Å². The molecule has 274 valence electrons. The Morgan fingerprint density at radius 2 is 2.06 bits per heavy atom. The molecule has 2 aromatic carbocycles. The molecule has 2 N–H and O–H groups in total. The molecule has 4 atom stereocenters. The van der Waals surface area contributed by atoms with Gasteiger partial charge in [-0.15, -0.1) is 11.3 Å². The molecule has 3 aliphatic heterocycles. The number of nitrogens with zero attached hydrogens (tertiary/aromatic N) is 6. The molecule has 0 radical (unpaired) electrons. The molecule has 5 heterocycles. The molecule has 0 bridgehead atoms. The Balaban J connectivity index is 1.44. The largest absolute Gasteiger partial charge is 0.461 e. The Kier molecular flexibility index (Phi) is 9.03. The number of aromatic nitrogens is 2. The summed E-state index contributed by atoms with van der Waals surface area (Å²) in [5.74, 6) is -2.48. The van der Waals surface area contributed by atoms with Crippen molar-refractivity contribution >= 4 is 49.1 Å². The number of methoxy groups -OCH3 is 1. The summed E-state index contributed by atoms with van der Waals surface area (Å²) in [6, 6.07) is 3.50. The van der Waals surface area contributed by atoms with Crippen LogP contribution in [0.15, 0.2) is 30.9 Å². The minimum absolute atomic E-state index is 0.00836. The van der Waals surface area contributed by atoms with Crippen molar-refractivity contribution in [3.8, 4) is 23.2 Å².